The molecule has 0 aromatic heterocycles. The summed E-state index contributed by atoms with van der Waals surface area (Å²) in [5, 5.41) is 9.92. The number of hydrogen-bond acceptors (Lipinski definition) is 2. The molecule has 0 aromatic rings. The minimum atomic E-state index is -0.0455. The molecular formula is C28H54O2. The number of Topliss-reactive ketones (excluding diaryl/α,β-unsaturated/α-hetero) is 1. The number of aliphatic hydroxyl groups is 1. The number of ketones is 1. The highest BCUT2D eigenvalue weighted by atomic mass is 16.3. The fourth-order valence-corrected chi connectivity index (χ4v) is 4.01. The molecule has 0 aliphatic heterocycles. The summed E-state index contributed by atoms with van der Waals surface area (Å²) in [6.07, 6.45) is 31.4. The minimum absolute atomic E-state index is 0.0455. The molecule has 0 saturated carbocycles. The Morgan fingerprint density at radius 3 is 1.53 bits per heavy atom. The predicted octanol–water partition coefficient (Wildman–Crippen LogP) is 9.09. The highest BCUT2D eigenvalue weighted by Crippen LogP contribution is 2.15. The van der Waals surface area contributed by atoms with Crippen LogP contribution in [0.1, 0.15) is 155 Å². The molecule has 0 spiro atoms. The number of unbranched alkanes of at least 4 members (excludes halogenated alkanes) is 16. The molecule has 178 valence electrons. The van der Waals surface area contributed by atoms with Gasteiger partial charge in [-0.05, 0) is 25.7 Å². The van der Waals surface area contributed by atoms with Crippen LogP contribution in [-0.4, -0.2) is 17.0 Å². The van der Waals surface area contributed by atoms with E-state index in [1.165, 1.54) is 109 Å². The number of rotatable bonds is 24. The number of aliphatic hydroxyl groups excluding tert-OH is 1. The van der Waals surface area contributed by atoms with Crippen LogP contribution in [-0.2, 0) is 4.79 Å². The molecule has 0 rings (SSSR count). The van der Waals surface area contributed by atoms with Gasteiger partial charge in [0, 0.05) is 12.8 Å². The van der Waals surface area contributed by atoms with Crippen LogP contribution in [0.25, 0.3) is 0 Å². The van der Waals surface area contributed by atoms with E-state index in [1.807, 2.05) is 13.0 Å². The summed E-state index contributed by atoms with van der Waals surface area (Å²) in [6, 6.07) is 0. The van der Waals surface area contributed by atoms with Crippen LogP contribution in [0.15, 0.2) is 12.2 Å². The predicted molar refractivity (Wildman–Crippen MR) is 133 cm³/mol. The van der Waals surface area contributed by atoms with Crippen molar-refractivity contribution in [2.24, 2.45) is 0 Å². The molecule has 0 saturated heterocycles. The zero-order valence-electron chi connectivity index (χ0n) is 20.6. The van der Waals surface area contributed by atoms with Crippen LogP contribution in [0, 0.1) is 0 Å². The second-order valence-electron chi connectivity index (χ2n) is 9.24. The fraction of sp³-hybridized carbons (Fsp3) is 0.893. The third-order valence-corrected chi connectivity index (χ3v) is 6.21. The first kappa shape index (κ1) is 29.4. The molecule has 0 amide bonds. The Morgan fingerprint density at radius 2 is 1.07 bits per heavy atom. The summed E-state index contributed by atoms with van der Waals surface area (Å²) in [4.78, 5) is 11.2. The van der Waals surface area contributed by atoms with E-state index < -0.39 is 0 Å². The smallest absolute Gasteiger partial charge is 0.136 e. The van der Waals surface area contributed by atoms with Gasteiger partial charge in [0.1, 0.15) is 5.78 Å². The summed E-state index contributed by atoms with van der Waals surface area (Å²) >= 11 is 0. The first-order valence-electron chi connectivity index (χ1n) is 13.5. The summed E-state index contributed by atoms with van der Waals surface area (Å²) in [5.74, 6) is 0.343. The van der Waals surface area contributed by atoms with Gasteiger partial charge in [-0.25, -0.2) is 0 Å². The van der Waals surface area contributed by atoms with Gasteiger partial charge in [-0.1, -0.05) is 129 Å². The average molecular weight is 423 g/mol. The maximum Gasteiger partial charge on any atom is 0.136 e. The van der Waals surface area contributed by atoms with E-state index >= 15 is 0 Å². The zero-order valence-corrected chi connectivity index (χ0v) is 20.6. The van der Waals surface area contributed by atoms with Crippen molar-refractivity contribution in [3.05, 3.63) is 12.2 Å². The lowest BCUT2D eigenvalue weighted by Gasteiger charge is -2.09. The maximum absolute atomic E-state index is 11.2. The SMILES string of the molecule is CCCCC[C@H](O)CCCCCCCCCCCCCCCC/C=C/CC(=O)CC. The largest absolute Gasteiger partial charge is 0.393 e. The molecule has 0 aromatic carbocycles. The van der Waals surface area contributed by atoms with Crippen LogP contribution >= 0.6 is 0 Å². The van der Waals surface area contributed by atoms with E-state index in [9.17, 15) is 9.90 Å². The van der Waals surface area contributed by atoms with Gasteiger partial charge in [-0.3, -0.25) is 4.79 Å². The van der Waals surface area contributed by atoms with Crippen molar-refractivity contribution in [2.45, 2.75) is 161 Å². The van der Waals surface area contributed by atoms with E-state index in [0.29, 0.717) is 18.6 Å². The maximum atomic E-state index is 11.2. The Morgan fingerprint density at radius 1 is 0.633 bits per heavy atom. The Hall–Kier alpha value is -0.630. The topological polar surface area (TPSA) is 37.3 Å². The summed E-state index contributed by atoms with van der Waals surface area (Å²) in [7, 11) is 0. The van der Waals surface area contributed by atoms with Gasteiger partial charge in [0.15, 0.2) is 0 Å². The summed E-state index contributed by atoms with van der Waals surface area (Å²) < 4.78 is 0. The highest BCUT2D eigenvalue weighted by Gasteiger charge is 2.03. The first-order chi connectivity index (χ1) is 14.7. The second-order valence-corrected chi connectivity index (χ2v) is 9.24. The second kappa shape index (κ2) is 24.6. The third-order valence-electron chi connectivity index (χ3n) is 6.21. The fourth-order valence-electron chi connectivity index (χ4n) is 4.01. The normalized spacial score (nSPS) is 12.6. The monoisotopic (exact) mass is 422 g/mol. The van der Waals surface area contributed by atoms with Crippen LogP contribution in [0.4, 0.5) is 0 Å². The van der Waals surface area contributed by atoms with Crippen molar-refractivity contribution >= 4 is 5.78 Å². The highest BCUT2D eigenvalue weighted by molar-refractivity contribution is 5.79. The van der Waals surface area contributed by atoms with E-state index in [4.69, 9.17) is 0 Å². The standard InChI is InChI=1S/C28H54O2/c1-3-5-21-25-28(30)26-23-20-18-16-14-12-10-8-6-7-9-11-13-15-17-19-22-24-27(29)4-2/h19,22,28,30H,3-18,20-21,23-26H2,1-2H3/b22-19+/t28-/m0/s1. The molecule has 1 N–H and O–H groups in total. The molecule has 0 fully saturated rings. The number of carbonyl (C=O) groups excluding carboxylic acids is 1. The summed E-state index contributed by atoms with van der Waals surface area (Å²) in [6.45, 7) is 4.15. The number of carbonyl (C=O) groups is 1. The van der Waals surface area contributed by atoms with Crippen molar-refractivity contribution < 1.29 is 9.90 Å². The minimum Gasteiger partial charge on any atom is -0.393 e. The van der Waals surface area contributed by atoms with Gasteiger partial charge in [0.25, 0.3) is 0 Å². The number of allylic oxidation sites excluding steroid dienone is 2. The molecule has 0 aliphatic rings. The lowest BCUT2D eigenvalue weighted by Crippen LogP contribution is -2.05. The molecule has 0 unspecified atom stereocenters. The summed E-state index contributed by atoms with van der Waals surface area (Å²) in [5.41, 5.74) is 0. The van der Waals surface area contributed by atoms with Crippen molar-refractivity contribution in [3.8, 4) is 0 Å². The molecule has 2 nitrogen and oxygen atoms in total. The van der Waals surface area contributed by atoms with Gasteiger partial charge in [-0.2, -0.15) is 0 Å². The van der Waals surface area contributed by atoms with Crippen LogP contribution in [0.2, 0.25) is 0 Å². The first-order valence-corrected chi connectivity index (χ1v) is 13.5. The molecule has 30 heavy (non-hydrogen) atoms. The van der Waals surface area contributed by atoms with Gasteiger partial charge in [-0.15, -0.1) is 0 Å². The molecule has 0 bridgehead atoms. The molecule has 1 atom stereocenters. The van der Waals surface area contributed by atoms with Gasteiger partial charge in [0.05, 0.1) is 6.10 Å². The van der Waals surface area contributed by atoms with Crippen molar-refractivity contribution in [1.82, 2.24) is 0 Å². The van der Waals surface area contributed by atoms with E-state index in [-0.39, 0.29) is 6.10 Å². The van der Waals surface area contributed by atoms with Gasteiger partial charge >= 0.3 is 0 Å². The van der Waals surface area contributed by atoms with E-state index in [1.54, 1.807) is 0 Å². The van der Waals surface area contributed by atoms with E-state index in [2.05, 4.69) is 13.0 Å². The Balaban J connectivity index is 3.14. The molecular weight excluding hydrogens is 368 g/mol. The lowest BCUT2D eigenvalue weighted by molar-refractivity contribution is -0.117. The number of hydrogen-bond donors (Lipinski definition) is 1. The Labute approximate surface area is 189 Å². The molecule has 2 heteroatoms. The van der Waals surface area contributed by atoms with Crippen LogP contribution in [0.5, 0.6) is 0 Å². The Kier molecular flexibility index (Phi) is 24.1. The average Bonchev–Trinajstić information content (AvgIpc) is 2.75. The van der Waals surface area contributed by atoms with Crippen molar-refractivity contribution in [3.63, 3.8) is 0 Å². The Bertz CT molecular complexity index is 375. The molecule has 0 aliphatic carbocycles. The molecule has 0 radical (unpaired) electrons. The van der Waals surface area contributed by atoms with Gasteiger partial charge in [0.2, 0.25) is 0 Å². The quantitative estimate of drug-likeness (QED) is 0.124. The van der Waals surface area contributed by atoms with Gasteiger partial charge < -0.3 is 5.11 Å². The lowest BCUT2D eigenvalue weighted by atomic mass is 10.0. The molecule has 0 heterocycles. The third kappa shape index (κ3) is 23.6. The van der Waals surface area contributed by atoms with Crippen molar-refractivity contribution in [2.75, 3.05) is 0 Å². The van der Waals surface area contributed by atoms with Crippen LogP contribution < -0.4 is 0 Å². The van der Waals surface area contributed by atoms with Crippen LogP contribution in [0.3, 0.4) is 0 Å². The van der Waals surface area contributed by atoms with Crippen molar-refractivity contribution in [1.29, 1.82) is 0 Å². The zero-order chi connectivity index (χ0) is 22.1. The van der Waals surface area contributed by atoms with E-state index in [0.717, 1.165) is 19.3 Å².